The van der Waals surface area contributed by atoms with Crippen LogP contribution >= 0.6 is 0 Å². The number of alkyl halides is 1. The van der Waals surface area contributed by atoms with E-state index in [2.05, 4.69) is 15.3 Å². The number of H-pyrrole nitrogens is 1. The number of rotatable bonds is 4. The van der Waals surface area contributed by atoms with Gasteiger partial charge in [-0.3, -0.25) is 14.5 Å². The predicted molar refractivity (Wildman–Crippen MR) is 93.2 cm³/mol. The van der Waals surface area contributed by atoms with Crippen molar-refractivity contribution in [1.29, 1.82) is 0 Å². The lowest BCUT2D eigenvalue weighted by atomic mass is 9.89. The third-order valence-electron chi connectivity index (χ3n) is 4.70. The monoisotopic (exact) mass is 362 g/mol. The molecule has 2 N–H and O–H groups in total. The van der Waals surface area contributed by atoms with E-state index in [9.17, 15) is 18.4 Å². The molecule has 1 amide bonds. The SMILES string of the molecule is CC(C(=O)Nc1ccc(F)cn1)N1CC[C@@H](F)[C@@H](c2ccc(=O)[nH]c2)C1. The summed E-state index contributed by atoms with van der Waals surface area (Å²) in [6.07, 6.45) is 1.82. The van der Waals surface area contributed by atoms with Gasteiger partial charge in [-0.05, 0) is 31.0 Å². The first-order chi connectivity index (χ1) is 12.4. The molecule has 1 aliphatic rings. The number of piperidine rings is 1. The van der Waals surface area contributed by atoms with Gasteiger partial charge < -0.3 is 10.3 Å². The second-order valence-electron chi connectivity index (χ2n) is 6.42. The van der Waals surface area contributed by atoms with Crippen LogP contribution in [0, 0.1) is 5.82 Å². The number of halogens is 2. The van der Waals surface area contributed by atoms with Crippen LogP contribution in [0.1, 0.15) is 24.8 Å². The van der Waals surface area contributed by atoms with E-state index in [1.807, 2.05) is 4.90 Å². The Morgan fingerprint density at radius 2 is 2.19 bits per heavy atom. The van der Waals surface area contributed by atoms with Crippen molar-refractivity contribution < 1.29 is 13.6 Å². The molecule has 0 aliphatic carbocycles. The minimum atomic E-state index is -1.04. The van der Waals surface area contributed by atoms with Crippen LogP contribution in [0.3, 0.4) is 0 Å². The highest BCUT2D eigenvalue weighted by molar-refractivity contribution is 5.93. The molecular weight excluding hydrogens is 342 g/mol. The molecule has 0 saturated carbocycles. The van der Waals surface area contributed by atoms with Crippen molar-refractivity contribution in [3.63, 3.8) is 0 Å². The fourth-order valence-electron chi connectivity index (χ4n) is 3.11. The highest BCUT2D eigenvalue weighted by atomic mass is 19.1. The van der Waals surface area contributed by atoms with Gasteiger partial charge in [-0.1, -0.05) is 6.07 Å². The van der Waals surface area contributed by atoms with Crippen LogP contribution in [-0.2, 0) is 4.79 Å². The van der Waals surface area contributed by atoms with Crippen LogP contribution in [0.25, 0.3) is 0 Å². The maximum Gasteiger partial charge on any atom is 0.247 e. The molecular formula is C18H20F2N4O2. The molecule has 0 spiro atoms. The number of anilines is 1. The van der Waals surface area contributed by atoms with Gasteiger partial charge in [-0.25, -0.2) is 13.8 Å². The quantitative estimate of drug-likeness (QED) is 0.873. The van der Waals surface area contributed by atoms with Crippen LogP contribution < -0.4 is 10.9 Å². The van der Waals surface area contributed by atoms with Crippen LogP contribution in [-0.4, -0.2) is 46.1 Å². The summed E-state index contributed by atoms with van der Waals surface area (Å²) < 4.78 is 27.3. The molecule has 8 heteroatoms. The van der Waals surface area contributed by atoms with Crippen molar-refractivity contribution in [2.45, 2.75) is 31.5 Å². The van der Waals surface area contributed by atoms with Crippen molar-refractivity contribution >= 4 is 11.7 Å². The van der Waals surface area contributed by atoms with E-state index in [-0.39, 0.29) is 17.3 Å². The Hall–Kier alpha value is -2.61. The van der Waals surface area contributed by atoms with Crippen molar-refractivity contribution in [2.75, 3.05) is 18.4 Å². The molecule has 1 fully saturated rings. The molecule has 1 unspecified atom stereocenters. The molecule has 1 aliphatic heterocycles. The van der Waals surface area contributed by atoms with Crippen LogP contribution in [0.5, 0.6) is 0 Å². The molecule has 0 radical (unpaired) electrons. The molecule has 3 atom stereocenters. The number of carbonyl (C=O) groups excluding carboxylic acids is 1. The topological polar surface area (TPSA) is 78.1 Å². The molecule has 1 saturated heterocycles. The minimum absolute atomic E-state index is 0.239. The van der Waals surface area contributed by atoms with Gasteiger partial charge in [-0.2, -0.15) is 0 Å². The van der Waals surface area contributed by atoms with Crippen molar-refractivity contribution in [2.24, 2.45) is 0 Å². The number of aromatic nitrogens is 2. The molecule has 3 rings (SSSR count). The van der Waals surface area contributed by atoms with Gasteiger partial charge >= 0.3 is 0 Å². The first kappa shape index (κ1) is 18.2. The smallest absolute Gasteiger partial charge is 0.247 e. The molecule has 0 aromatic carbocycles. The van der Waals surface area contributed by atoms with Gasteiger partial charge in [0.1, 0.15) is 17.8 Å². The number of amides is 1. The van der Waals surface area contributed by atoms with Gasteiger partial charge in [0.2, 0.25) is 11.5 Å². The average molecular weight is 362 g/mol. The zero-order valence-electron chi connectivity index (χ0n) is 14.3. The van der Waals surface area contributed by atoms with E-state index >= 15 is 0 Å². The average Bonchev–Trinajstić information content (AvgIpc) is 2.64. The Bertz CT molecular complexity index is 804. The Morgan fingerprint density at radius 3 is 2.85 bits per heavy atom. The number of hydrogen-bond acceptors (Lipinski definition) is 4. The highest BCUT2D eigenvalue weighted by Crippen LogP contribution is 2.30. The van der Waals surface area contributed by atoms with Gasteiger partial charge in [0.25, 0.3) is 0 Å². The molecule has 2 aromatic rings. The number of pyridine rings is 2. The summed E-state index contributed by atoms with van der Waals surface area (Å²) in [5, 5.41) is 2.64. The number of nitrogens with zero attached hydrogens (tertiary/aromatic N) is 2. The van der Waals surface area contributed by atoms with E-state index in [1.165, 1.54) is 24.4 Å². The summed E-state index contributed by atoms with van der Waals surface area (Å²) in [4.78, 5) is 31.9. The van der Waals surface area contributed by atoms with Gasteiger partial charge in [0.05, 0.1) is 12.2 Å². The molecule has 2 aromatic heterocycles. The lowest BCUT2D eigenvalue weighted by Crippen LogP contribution is -2.49. The first-order valence-corrected chi connectivity index (χ1v) is 8.43. The Morgan fingerprint density at radius 1 is 1.38 bits per heavy atom. The van der Waals surface area contributed by atoms with E-state index in [4.69, 9.17) is 0 Å². The summed E-state index contributed by atoms with van der Waals surface area (Å²) >= 11 is 0. The van der Waals surface area contributed by atoms with Crippen LogP contribution in [0.15, 0.2) is 41.5 Å². The number of likely N-dealkylation sites (tertiary alicyclic amines) is 1. The lowest BCUT2D eigenvalue weighted by Gasteiger charge is -2.38. The standard InChI is InChI=1S/C18H20F2N4O2/c1-11(18(26)23-16-4-3-13(19)9-21-16)24-7-6-15(20)14(10-24)12-2-5-17(25)22-8-12/h2-5,8-9,11,14-15H,6-7,10H2,1H3,(H,22,25)(H,21,23,26)/t11?,14-,15-/m1/s1. The third-order valence-corrected chi connectivity index (χ3v) is 4.70. The maximum atomic E-state index is 14.4. The zero-order valence-corrected chi connectivity index (χ0v) is 14.3. The number of hydrogen-bond donors (Lipinski definition) is 2. The fraction of sp³-hybridized carbons (Fsp3) is 0.389. The Balaban J connectivity index is 1.67. The lowest BCUT2D eigenvalue weighted by molar-refractivity contribution is -0.121. The summed E-state index contributed by atoms with van der Waals surface area (Å²) in [6, 6.07) is 5.09. The second-order valence-corrected chi connectivity index (χ2v) is 6.42. The number of nitrogens with one attached hydrogen (secondary N) is 2. The van der Waals surface area contributed by atoms with Gasteiger partial charge in [0, 0.05) is 31.3 Å². The van der Waals surface area contributed by atoms with Crippen molar-refractivity contribution in [3.05, 3.63) is 58.4 Å². The zero-order chi connectivity index (χ0) is 18.7. The van der Waals surface area contributed by atoms with E-state index < -0.39 is 23.9 Å². The summed E-state index contributed by atoms with van der Waals surface area (Å²) in [5.74, 6) is -0.924. The van der Waals surface area contributed by atoms with E-state index in [1.54, 1.807) is 13.0 Å². The third kappa shape index (κ3) is 4.13. The summed E-state index contributed by atoms with van der Waals surface area (Å²) in [5.41, 5.74) is 0.464. The summed E-state index contributed by atoms with van der Waals surface area (Å²) in [7, 11) is 0. The molecule has 138 valence electrons. The van der Waals surface area contributed by atoms with Crippen molar-refractivity contribution in [3.8, 4) is 0 Å². The Labute approximate surface area is 149 Å². The number of carbonyl (C=O) groups is 1. The normalized spacial score (nSPS) is 22.0. The minimum Gasteiger partial charge on any atom is -0.329 e. The van der Waals surface area contributed by atoms with Gasteiger partial charge in [-0.15, -0.1) is 0 Å². The Kier molecular flexibility index (Phi) is 5.41. The maximum absolute atomic E-state index is 14.4. The van der Waals surface area contributed by atoms with Crippen LogP contribution in [0.2, 0.25) is 0 Å². The first-order valence-electron chi connectivity index (χ1n) is 8.43. The molecule has 6 nitrogen and oxygen atoms in total. The fourth-order valence-corrected chi connectivity index (χ4v) is 3.11. The highest BCUT2D eigenvalue weighted by Gasteiger charge is 2.34. The molecule has 26 heavy (non-hydrogen) atoms. The largest absolute Gasteiger partial charge is 0.329 e. The number of aromatic amines is 1. The van der Waals surface area contributed by atoms with Crippen molar-refractivity contribution in [1.82, 2.24) is 14.9 Å². The second kappa shape index (κ2) is 7.74. The predicted octanol–water partition coefficient (Wildman–Crippen LogP) is 2.06. The van der Waals surface area contributed by atoms with E-state index in [0.29, 0.717) is 25.1 Å². The summed E-state index contributed by atoms with van der Waals surface area (Å²) in [6.45, 7) is 2.55. The molecule has 3 heterocycles. The molecule has 0 bridgehead atoms. The van der Waals surface area contributed by atoms with E-state index in [0.717, 1.165) is 6.20 Å². The van der Waals surface area contributed by atoms with Crippen LogP contribution in [0.4, 0.5) is 14.6 Å². The van der Waals surface area contributed by atoms with Gasteiger partial charge in [0.15, 0.2) is 0 Å².